The van der Waals surface area contributed by atoms with Crippen LogP contribution in [0, 0.1) is 0 Å². The summed E-state index contributed by atoms with van der Waals surface area (Å²) in [4.78, 5) is 60.7. The maximum Gasteiger partial charge on any atom is 0.490 e. The van der Waals surface area contributed by atoms with Gasteiger partial charge >= 0.3 is 23.9 Å². The highest BCUT2D eigenvalue weighted by atomic mass is 19.4. The number of carboxylic acids is 1. The van der Waals surface area contributed by atoms with Gasteiger partial charge in [-0.1, -0.05) is 12.1 Å². The molecule has 46 heavy (non-hydrogen) atoms. The first kappa shape index (κ1) is 35.8. The molecule has 0 bridgehead atoms. The predicted molar refractivity (Wildman–Crippen MR) is 163 cm³/mol. The summed E-state index contributed by atoms with van der Waals surface area (Å²) in [6, 6.07) is 9.14. The average molecular weight is 653 g/mol. The molecule has 2 saturated heterocycles. The molecule has 2 fully saturated rings. The molecule has 2 aliphatic rings. The molecule has 15 nitrogen and oxygen atoms in total. The number of aromatic nitrogens is 2. The minimum atomic E-state index is -5.08. The number of nitrogens with zero attached hydrogens (tertiary/aromatic N) is 6. The van der Waals surface area contributed by atoms with Crippen molar-refractivity contribution in [3.8, 4) is 5.69 Å². The second kappa shape index (κ2) is 15.0. The first-order valence-electron chi connectivity index (χ1n) is 14.4. The number of guanidine groups is 1. The van der Waals surface area contributed by atoms with E-state index in [2.05, 4.69) is 20.2 Å². The number of nitrogens with two attached hydrogens (primary N) is 3. The standard InChI is InChI=1S/C26H38N10O3.C2HF3O2/c1-26(2,29)22(37)34-12-14-35(15-13-34)24(38)31-21-8-11-36(25(39)32-21)20-5-3-4-18(16-20)17-33-9-6-19(7-10-33)30-23(27)28;3-2(4,5)1(6)7/h3-5,8,11,16,19H,6-7,9-10,12-15,17,29H2,1-2H3,(H4,27,28,30)(H,31,32,38,39);(H,6,7). The molecule has 0 aliphatic carbocycles. The highest BCUT2D eigenvalue weighted by Gasteiger charge is 2.38. The molecule has 2 aromatic rings. The SMILES string of the molecule is CC(C)(N)C(=O)N1CCN(C(=O)Nc2ccn(-c3cccc(CN4CCC(N=C(N)N)CC4)c3)c(=O)n2)CC1.O=C(O)C(F)(F)F. The van der Waals surface area contributed by atoms with Gasteiger partial charge in [-0.2, -0.15) is 18.2 Å². The number of piperazine rings is 1. The van der Waals surface area contributed by atoms with Crippen molar-refractivity contribution >= 4 is 29.7 Å². The van der Waals surface area contributed by atoms with Crippen molar-refractivity contribution in [2.45, 2.75) is 51.0 Å². The van der Waals surface area contributed by atoms with Gasteiger partial charge in [0.05, 0.1) is 17.3 Å². The Labute approximate surface area is 262 Å². The number of aliphatic imine (C=N–C) groups is 1. The van der Waals surface area contributed by atoms with Crippen LogP contribution in [0.15, 0.2) is 46.3 Å². The number of hydrogen-bond acceptors (Lipinski definition) is 8. The van der Waals surface area contributed by atoms with Crippen molar-refractivity contribution in [3.05, 3.63) is 52.6 Å². The smallest absolute Gasteiger partial charge is 0.475 e. The van der Waals surface area contributed by atoms with E-state index in [-0.39, 0.29) is 29.8 Å². The number of hydrogen-bond donors (Lipinski definition) is 5. The van der Waals surface area contributed by atoms with E-state index in [0.717, 1.165) is 38.0 Å². The number of likely N-dealkylation sites (tertiary alicyclic amines) is 1. The van der Waals surface area contributed by atoms with E-state index in [1.54, 1.807) is 35.9 Å². The van der Waals surface area contributed by atoms with Crippen molar-refractivity contribution in [1.29, 1.82) is 0 Å². The van der Waals surface area contributed by atoms with Crippen LogP contribution in [0.4, 0.5) is 23.8 Å². The molecule has 18 heteroatoms. The fraction of sp³-hybridized carbons (Fsp3) is 0.500. The molecule has 252 valence electrons. The Morgan fingerprint density at radius 1 is 1.02 bits per heavy atom. The molecule has 8 N–H and O–H groups in total. The third kappa shape index (κ3) is 10.4. The van der Waals surface area contributed by atoms with Crippen LogP contribution in [0.2, 0.25) is 0 Å². The highest BCUT2D eigenvalue weighted by Crippen LogP contribution is 2.18. The lowest BCUT2D eigenvalue weighted by molar-refractivity contribution is -0.192. The van der Waals surface area contributed by atoms with E-state index >= 15 is 0 Å². The summed E-state index contributed by atoms with van der Waals surface area (Å²) in [6.45, 7) is 7.38. The number of nitrogens with one attached hydrogen (secondary N) is 1. The molecule has 1 aromatic carbocycles. The largest absolute Gasteiger partial charge is 0.490 e. The summed E-state index contributed by atoms with van der Waals surface area (Å²) in [6.07, 6.45) is -1.69. The molecular weight excluding hydrogens is 613 g/mol. The minimum Gasteiger partial charge on any atom is -0.475 e. The number of carboxylic acid groups (broad SMARTS) is 1. The number of aliphatic carboxylic acids is 1. The Bertz CT molecular complexity index is 1470. The molecule has 0 unspecified atom stereocenters. The van der Waals surface area contributed by atoms with Crippen LogP contribution in [0.25, 0.3) is 5.69 Å². The lowest BCUT2D eigenvalue weighted by Gasteiger charge is -2.37. The molecule has 2 aliphatic heterocycles. The van der Waals surface area contributed by atoms with Crippen LogP contribution in [0.1, 0.15) is 32.3 Å². The molecule has 1 aromatic heterocycles. The summed E-state index contributed by atoms with van der Waals surface area (Å²) >= 11 is 0. The Hall–Kier alpha value is -4.71. The van der Waals surface area contributed by atoms with E-state index in [4.69, 9.17) is 27.1 Å². The summed E-state index contributed by atoms with van der Waals surface area (Å²) in [5.74, 6) is -2.60. The van der Waals surface area contributed by atoms with Crippen LogP contribution in [-0.2, 0) is 16.1 Å². The Balaban J connectivity index is 0.000000738. The third-order valence-electron chi connectivity index (χ3n) is 7.17. The van der Waals surface area contributed by atoms with E-state index in [1.807, 2.05) is 24.3 Å². The second-order valence-corrected chi connectivity index (χ2v) is 11.4. The number of halogens is 3. The average Bonchev–Trinajstić information content (AvgIpc) is 2.97. The number of carbonyl (C=O) groups excluding carboxylic acids is 2. The van der Waals surface area contributed by atoms with Crippen LogP contribution < -0.4 is 28.2 Å². The van der Waals surface area contributed by atoms with Crippen LogP contribution in [0.5, 0.6) is 0 Å². The number of carbonyl (C=O) groups is 3. The van der Waals surface area contributed by atoms with Crippen molar-refractivity contribution < 1.29 is 32.7 Å². The zero-order chi connectivity index (χ0) is 34.2. The van der Waals surface area contributed by atoms with Crippen LogP contribution >= 0.6 is 0 Å². The minimum absolute atomic E-state index is 0.133. The van der Waals surface area contributed by atoms with Gasteiger partial charge in [-0.25, -0.2) is 14.4 Å². The number of alkyl halides is 3. The molecule has 3 amide bonds. The monoisotopic (exact) mass is 652 g/mol. The third-order valence-corrected chi connectivity index (χ3v) is 7.17. The zero-order valence-corrected chi connectivity index (χ0v) is 25.5. The first-order chi connectivity index (χ1) is 21.4. The summed E-state index contributed by atoms with van der Waals surface area (Å²) in [5.41, 5.74) is 17.2. The van der Waals surface area contributed by atoms with Gasteiger partial charge in [-0.05, 0) is 50.5 Å². The maximum atomic E-state index is 12.8. The maximum absolute atomic E-state index is 12.8. The van der Waals surface area contributed by atoms with Crippen molar-refractivity contribution in [1.82, 2.24) is 24.3 Å². The van der Waals surface area contributed by atoms with Crippen molar-refractivity contribution in [3.63, 3.8) is 0 Å². The van der Waals surface area contributed by atoms with E-state index in [9.17, 15) is 27.6 Å². The second-order valence-electron chi connectivity index (χ2n) is 11.4. The molecule has 4 rings (SSSR count). The number of rotatable bonds is 6. The number of urea groups is 1. The Morgan fingerprint density at radius 3 is 2.13 bits per heavy atom. The van der Waals surface area contributed by atoms with Crippen LogP contribution in [-0.4, -0.2) is 110 Å². The van der Waals surface area contributed by atoms with Gasteiger partial charge in [-0.15, -0.1) is 0 Å². The van der Waals surface area contributed by atoms with Crippen LogP contribution in [0.3, 0.4) is 0 Å². The van der Waals surface area contributed by atoms with Gasteiger partial charge in [0.25, 0.3) is 0 Å². The fourth-order valence-corrected chi connectivity index (χ4v) is 4.86. The summed E-state index contributed by atoms with van der Waals surface area (Å²) in [7, 11) is 0. The molecule has 3 heterocycles. The fourth-order valence-electron chi connectivity index (χ4n) is 4.86. The zero-order valence-electron chi connectivity index (χ0n) is 25.5. The lowest BCUT2D eigenvalue weighted by Crippen LogP contribution is -2.58. The van der Waals surface area contributed by atoms with Crippen molar-refractivity contribution in [2.24, 2.45) is 22.2 Å². The van der Waals surface area contributed by atoms with Gasteiger partial charge in [0.15, 0.2) is 5.96 Å². The van der Waals surface area contributed by atoms with Gasteiger partial charge in [0.1, 0.15) is 5.82 Å². The topological polar surface area (TPSA) is 218 Å². The van der Waals surface area contributed by atoms with Crippen molar-refractivity contribution in [2.75, 3.05) is 44.6 Å². The van der Waals surface area contributed by atoms with Gasteiger partial charge < -0.3 is 32.1 Å². The number of benzene rings is 1. The van der Waals surface area contributed by atoms with E-state index in [0.29, 0.717) is 31.9 Å². The highest BCUT2D eigenvalue weighted by molar-refractivity contribution is 5.89. The number of piperidine rings is 1. The molecule has 0 atom stereocenters. The van der Waals surface area contributed by atoms with Gasteiger partial charge in [0.2, 0.25) is 5.91 Å². The van der Waals surface area contributed by atoms with Gasteiger partial charge in [0, 0.05) is 52.0 Å². The Morgan fingerprint density at radius 2 is 1.61 bits per heavy atom. The number of anilines is 1. The predicted octanol–water partition coefficient (Wildman–Crippen LogP) is 0.517. The summed E-state index contributed by atoms with van der Waals surface area (Å²) in [5, 5.41) is 9.81. The molecule has 0 saturated carbocycles. The molecule has 0 spiro atoms. The molecule has 0 radical (unpaired) electrons. The Kier molecular flexibility index (Phi) is 11.7. The van der Waals surface area contributed by atoms with Gasteiger partial charge in [-0.3, -0.25) is 24.6 Å². The quantitative estimate of drug-likeness (QED) is 0.215. The number of amides is 3. The normalized spacial score (nSPS) is 16.2. The lowest BCUT2D eigenvalue weighted by atomic mass is 10.0. The summed E-state index contributed by atoms with van der Waals surface area (Å²) < 4.78 is 33.2. The van der Waals surface area contributed by atoms with E-state index < -0.39 is 23.4 Å². The molecular formula is C28H39F3N10O5. The van der Waals surface area contributed by atoms with E-state index in [1.165, 1.54) is 4.57 Å². The first-order valence-corrected chi connectivity index (χ1v) is 14.4.